The molecule has 2 nitrogen and oxygen atoms in total. The van der Waals surface area contributed by atoms with E-state index < -0.39 is 0 Å². The molecule has 0 radical (unpaired) electrons. The fraction of sp³-hybridized carbons (Fsp3) is 0.571. The molecule has 0 aliphatic heterocycles. The highest BCUT2D eigenvalue weighted by atomic mass is 35.5. The molecule has 1 rings (SSSR count). The maximum atomic E-state index is 5.87. The van der Waals surface area contributed by atoms with Crippen LogP contribution in [0, 0.1) is 0 Å². The Morgan fingerprint density at radius 2 is 1.88 bits per heavy atom. The zero-order valence-electron chi connectivity index (χ0n) is 10.9. The molecule has 1 N–H and O–H groups in total. The molecule has 0 saturated heterocycles. The Morgan fingerprint density at radius 3 is 2.41 bits per heavy atom. The zero-order valence-corrected chi connectivity index (χ0v) is 11.6. The first kappa shape index (κ1) is 14.5. The van der Waals surface area contributed by atoms with Crippen molar-refractivity contribution in [1.82, 2.24) is 5.32 Å². The average Bonchev–Trinajstić information content (AvgIpc) is 2.29. The predicted molar refractivity (Wildman–Crippen MR) is 73.7 cm³/mol. The number of halogens is 1. The van der Waals surface area contributed by atoms with Gasteiger partial charge in [0.15, 0.2) is 0 Å². The van der Waals surface area contributed by atoms with Crippen LogP contribution in [0.2, 0.25) is 5.02 Å². The summed E-state index contributed by atoms with van der Waals surface area (Å²) in [5.74, 6) is 0. The second-order valence-electron chi connectivity index (χ2n) is 4.47. The summed E-state index contributed by atoms with van der Waals surface area (Å²) in [6.45, 7) is 7.94. The van der Waals surface area contributed by atoms with Gasteiger partial charge in [0.25, 0.3) is 0 Å². The second-order valence-corrected chi connectivity index (χ2v) is 4.90. The van der Waals surface area contributed by atoms with Crippen molar-refractivity contribution in [1.29, 1.82) is 0 Å². The Hall–Kier alpha value is -0.570. The monoisotopic (exact) mass is 255 g/mol. The van der Waals surface area contributed by atoms with Gasteiger partial charge in [0.1, 0.15) is 0 Å². The number of likely N-dealkylation sites (N-methyl/N-ethyl adjacent to an activating group) is 1. The lowest BCUT2D eigenvalue weighted by Gasteiger charge is -2.19. The highest BCUT2D eigenvalue weighted by Crippen LogP contribution is 2.11. The van der Waals surface area contributed by atoms with Crippen molar-refractivity contribution >= 4 is 11.6 Å². The van der Waals surface area contributed by atoms with E-state index in [0.717, 1.165) is 24.6 Å². The van der Waals surface area contributed by atoms with Crippen molar-refractivity contribution < 1.29 is 4.74 Å². The van der Waals surface area contributed by atoms with Crippen LogP contribution in [0.5, 0.6) is 0 Å². The van der Waals surface area contributed by atoms with Gasteiger partial charge in [-0.05, 0) is 44.5 Å². The molecule has 0 aliphatic rings. The van der Waals surface area contributed by atoms with Gasteiger partial charge in [-0.2, -0.15) is 0 Å². The minimum Gasteiger partial charge on any atom is -0.377 e. The molecule has 0 amide bonds. The normalized spacial score (nSPS) is 13.0. The van der Waals surface area contributed by atoms with Crippen LogP contribution in [-0.2, 0) is 11.2 Å². The molecule has 17 heavy (non-hydrogen) atoms. The lowest BCUT2D eigenvalue weighted by Crippen LogP contribution is -2.36. The third-order valence-electron chi connectivity index (χ3n) is 2.52. The van der Waals surface area contributed by atoms with Gasteiger partial charge < -0.3 is 10.1 Å². The molecule has 96 valence electrons. The van der Waals surface area contributed by atoms with Gasteiger partial charge in [-0.15, -0.1) is 0 Å². The minimum atomic E-state index is 0.279. The Bertz CT molecular complexity index is 311. The summed E-state index contributed by atoms with van der Waals surface area (Å²) in [5.41, 5.74) is 1.28. The molecule has 3 heteroatoms. The molecule has 0 fully saturated rings. The van der Waals surface area contributed by atoms with Gasteiger partial charge in [-0.25, -0.2) is 0 Å². The molecule has 1 atom stereocenters. The largest absolute Gasteiger partial charge is 0.377 e. The maximum Gasteiger partial charge on any atom is 0.0626 e. The van der Waals surface area contributed by atoms with Gasteiger partial charge in [0, 0.05) is 11.1 Å². The van der Waals surface area contributed by atoms with Crippen LogP contribution in [0.15, 0.2) is 24.3 Å². The lowest BCUT2D eigenvalue weighted by atomic mass is 10.1. The van der Waals surface area contributed by atoms with E-state index >= 15 is 0 Å². The minimum absolute atomic E-state index is 0.279. The van der Waals surface area contributed by atoms with Gasteiger partial charge in [0.2, 0.25) is 0 Å². The molecule has 0 aromatic heterocycles. The molecule has 1 aromatic rings. The van der Waals surface area contributed by atoms with Crippen LogP contribution in [0.3, 0.4) is 0 Å². The molecule has 0 spiro atoms. The van der Waals surface area contributed by atoms with Crippen molar-refractivity contribution in [3.05, 3.63) is 34.9 Å². The Kier molecular flexibility index (Phi) is 6.56. The van der Waals surface area contributed by atoms with E-state index in [2.05, 4.69) is 38.2 Å². The number of hydrogen-bond donors (Lipinski definition) is 1. The van der Waals surface area contributed by atoms with Crippen molar-refractivity contribution in [3.8, 4) is 0 Å². The lowest BCUT2D eigenvalue weighted by molar-refractivity contribution is 0.0616. The third-order valence-corrected chi connectivity index (χ3v) is 2.77. The van der Waals surface area contributed by atoms with Crippen LogP contribution in [0.1, 0.15) is 26.3 Å². The third kappa shape index (κ3) is 6.06. The first-order chi connectivity index (χ1) is 8.11. The predicted octanol–water partition coefficient (Wildman–Crippen LogP) is 3.29. The van der Waals surface area contributed by atoms with E-state index in [-0.39, 0.29) is 6.10 Å². The van der Waals surface area contributed by atoms with Crippen molar-refractivity contribution in [3.63, 3.8) is 0 Å². The summed E-state index contributed by atoms with van der Waals surface area (Å²) in [7, 11) is 0. The Balaban J connectivity index is 2.50. The van der Waals surface area contributed by atoms with E-state index in [1.165, 1.54) is 5.56 Å². The zero-order chi connectivity index (χ0) is 12.7. The first-order valence-corrected chi connectivity index (χ1v) is 6.59. The smallest absolute Gasteiger partial charge is 0.0626 e. The molecule has 1 aromatic carbocycles. The second kappa shape index (κ2) is 7.70. The van der Waals surface area contributed by atoms with Crippen LogP contribution < -0.4 is 5.32 Å². The van der Waals surface area contributed by atoms with Gasteiger partial charge in [-0.3, -0.25) is 0 Å². The molecule has 0 bridgehead atoms. The van der Waals surface area contributed by atoms with E-state index in [9.17, 15) is 0 Å². The fourth-order valence-corrected chi connectivity index (χ4v) is 1.82. The number of nitrogens with one attached hydrogen (secondary N) is 1. The van der Waals surface area contributed by atoms with E-state index in [0.29, 0.717) is 6.04 Å². The summed E-state index contributed by atoms with van der Waals surface area (Å²) in [4.78, 5) is 0. The first-order valence-electron chi connectivity index (χ1n) is 6.21. The number of benzene rings is 1. The Morgan fingerprint density at radius 1 is 1.24 bits per heavy atom. The highest BCUT2D eigenvalue weighted by Gasteiger charge is 2.09. The van der Waals surface area contributed by atoms with Gasteiger partial charge in [0.05, 0.1) is 12.7 Å². The topological polar surface area (TPSA) is 21.3 Å². The summed E-state index contributed by atoms with van der Waals surface area (Å²) in [6, 6.07) is 8.37. The molecule has 0 saturated carbocycles. The standard InChI is InChI=1S/C14H22ClNO/c1-4-16-14(10-17-11(2)3)9-12-5-7-13(15)8-6-12/h5-8,11,14,16H,4,9-10H2,1-3H3. The fourth-order valence-electron chi connectivity index (χ4n) is 1.69. The van der Waals surface area contributed by atoms with Crippen molar-refractivity contribution in [2.45, 2.75) is 39.3 Å². The van der Waals surface area contributed by atoms with E-state index in [4.69, 9.17) is 16.3 Å². The summed E-state index contributed by atoms with van der Waals surface area (Å²) in [5, 5.41) is 4.23. The molecular weight excluding hydrogens is 234 g/mol. The van der Waals surface area contributed by atoms with E-state index in [1.807, 2.05) is 12.1 Å². The number of ether oxygens (including phenoxy) is 1. The van der Waals surface area contributed by atoms with Gasteiger partial charge in [-0.1, -0.05) is 30.7 Å². The average molecular weight is 256 g/mol. The van der Waals surface area contributed by atoms with E-state index in [1.54, 1.807) is 0 Å². The van der Waals surface area contributed by atoms with Crippen molar-refractivity contribution in [2.75, 3.05) is 13.2 Å². The van der Waals surface area contributed by atoms with Crippen LogP contribution in [0.4, 0.5) is 0 Å². The quantitative estimate of drug-likeness (QED) is 0.807. The van der Waals surface area contributed by atoms with Crippen LogP contribution in [-0.4, -0.2) is 25.3 Å². The van der Waals surface area contributed by atoms with Crippen LogP contribution >= 0.6 is 11.6 Å². The SMILES string of the molecule is CCNC(COC(C)C)Cc1ccc(Cl)cc1. The Labute approximate surface area is 109 Å². The maximum absolute atomic E-state index is 5.87. The summed E-state index contributed by atoms with van der Waals surface area (Å²) >= 11 is 5.87. The number of hydrogen-bond acceptors (Lipinski definition) is 2. The molecule has 0 aliphatic carbocycles. The summed E-state index contributed by atoms with van der Waals surface area (Å²) < 4.78 is 5.66. The molecule has 1 unspecified atom stereocenters. The van der Waals surface area contributed by atoms with Crippen molar-refractivity contribution in [2.24, 2.45) is 0 Å². The highest BCUT2D eigenvalue weighted by molar-refractivity contribution is 6.30. The molecule has 0 heterocycles. The number of rotatable bonds is 7. The van der Waals surface area contributed by atoms with Gasteiger partial charge >= 0.3 is 0 Å². The summed E-state index contributed by atoms with van der Waals surface area (Å²) in [6.07, 6.45) is 1.25. The molecular formula is C14H22ClNO. The van der Waals surface area contributed by atoms with Crippen LogP contribution in [0.25, 0.3) is 0 Å².